The van der Waals surface area contributed by atoms with E-state index in [4.69, 9.17) is 5.11 Å². The Morgan fingerprint density at radius 3 is 2.39 bits per heavy atom. The number of aliphatic hydroxyl groups excluding tert-OH is 1. The molecule has 0 radical (unpaired) electrons. The van der Waals surface area contributed by atoms with Crippen LogP contribution in [-0.2, 0) is 0 Å². The van der Waals surface area contributed by atoms with Gasteiger partial charge in [0.15, 0.2) is 0 Å². The molecule has 0 spiro atoms. The van der Waals surface area contributed by atoms with Crippen molar-refractivity contribution in [3.63, 3.8) is 0 Å². The molecule has 3 heteroatoms. The number of benzene rings is 1. The smallest absolute Gasteiger partial charge is 0.129 e. The summed E-state index contributed by atoms with van der Waals surface area (Å²) in [5.41, 5.74) is 1.41. The molecule has 1 aromatic rings. The summed E-state index contributed by atoms with van der Waals surface area (Å²) in [6, 6.07) is 2.40. The maximum atomic E-state index is 13.9. The van der Waals surface area contributed by atoms with E-state index >= 15 is 0 Å². The summed E-state index contributed by atoms with van der Waals surface area (Å²) in [5.74, 6) is -0.128. The summed E-state index contributed by atoms with van der Waals surface area (Å²) in [5, 5.41) is 8.92. The molecule has 1 saturated carbocycles. The van der Waals surface area contributed by atoms with Crippen LogP contribution in [0.3, 0.4) is 0 Å². The van der Waals surface area contributed by atoms with E-state index in [9.17, 15) is 8.78 Å². The van der Waals surface area contributed by atoms with Gasteiger partial charge in [-0.3, -0.25) is 0 Å². The van der Waals surface area contributed by atoms with Crippen LogP contribution in [0.1, 0.15) is 49.1 Å². The van der Waals surface area contributed by atoms with Crippen molar-refractivity contribution < 1.29 is 13.9 Å². The largest absolute Gasteiger partial charge is 0.396 e. The summed E-state index contributed by atoms with van der Waals surface area (Å²) in [7, 11) is 0. The van der Waals surface area contributed by atoms with Crippen molar-refractivity contribution in [1.82, 2.24) is 0 Å². The van der Waals surface area contributed by atoms with Crippen molar-refractivity contribution in [3.05, 3.63) is 34.9 Å². The first kappa shape index (κ1) is 13.5. The summed E-state index contributed by atoms with van der Waals surface area (Å²) in [4.78, 5) is 0. The van der Waals surface area contributed by atoms with Gasteiger partial charge >= 0.3 is 0 Å². The number of aryl methyl sites for hydroxylation is 1. The molecule has 0 aromatic heterocycles. The number of hydrogen-bond donors (Lipinski definition) is 1. The lowest BCUT2D eigenvalue weighted by atomic mass is 9.76. The number of halogens is 2. The van der Waals surface area contributed by atoms with Crippen LogP contribution in [0.25, 0.3) is 0 Å². The zero-order valence-corrected chi connectivity index (χ0v) is 10.8. The molecule has 1 aliphatic carbocycles. The lowest BCUT2D eigenvalue weighted by Gasteiger charge is -2.29. The third-order valence-electron chi connectivity index (χ3n) is 4.09. The Balaban J connectivity index is 2.10. The standard InChI is InChI=1S/C15H20F2O/c1-10-8-13(16)9-14(17)15(10)12-4-2-11(3-5-12)6-7-18/h8-9,11-12,18H,2-7H2,1H3. The highest BCUT2D eigenvalue weighted by Crippen LogP contribution is 2.39. The Bertz CT molecular complexity index is 386. The SMILES string of the molecule is Cc1cc(F)cc(F)c1C1CCC(CCO)CC1. The lowest BCUT2D eigenvalue weighted by molar-refractivity contribution is 0.221. The van der Waals surface area contributed by atoms with Crippen molar-refractivity contribution in [2.45, 2.75) is 44.9 Å². The fourth-order valence-corrected chi connectivity index (χ4v) is 3.15. The predicted octanol–water partition coefficient (Wildman–Crippen LogP) is 3.93. The van der Waals surface area contributed by atoms with Crippen LogP contribution < -0.4 is 0 Å². The second kappa shape index (κ2) is 5.79. The van der Waals surface area contributed by atoms with Gasteiger partial charge in [0.25, 0.3) is 0 Å². The first-order valence-corrected chi connectivity index (χ1v) is 6.68. The van der Waals surface area contributed by atoms with Gasteiger partial charge in [-0.1, -0.05) is 0 Å². The Hall–Kier alpha value is -0.960. The van der Waals surface area contributed by atoms with Crippen molar-refractivity contribution in [1.29, 1.82) is 0 Å². The molecule has 2 rings (SSSR count). The normalized spacial score (nSPS) is 24.2. The Morgan fingerprint density at radius 1 is 1.17 bits per heavy atom. The third kappa shape index (κ3) is 2.89. The van der Waals surface area contributed by atoms with E-state index in [0.717, 1.165) is 43.7 Å². The minimum atomic E-state index is -0.497. The minimum absolute atomic E-state index is 0.209. The highest BCUT2D eigenvalue weighted by molar-refractivity contribution is 5.31. The molecule has 0 bridgehead atoms. The molecule has 0 saturated heterocycles. The molecule has 0 aliphatic heterocycles. The van der Waals surface area contributed by atoms with Crippen LogP contribution in [0.5, 0.6) is 0 Å². The molecule has 1 nitrogen and oxygen atoms in total. The number of rotatable bonds is 3. The molecule has 1 aliphatic rings. The quantitative estimate of drug-likeness (QED) is 0.866. The van der Waals surface area contributed by atoms with Gasteiger partial charge in [0.1, 0.15) is 11.6 Å². The van der Waals surface area contributed by atoms with E-state index in [1.165, 1.54) is 6.07 Å². The van der Waals surface area contributed by atoms with Gasteiger partial charge in [0.05, 0.1) is 0 Å². The molecule has 0 heterocycles. The van der Waals surface area contributed by atoms with Gasteiger partial charge in [-0.2, -0.15) is 0 Å². The summed E-state index contributed by atoms with van der Waals surface area (Å²) >= 11 is 0. The van der Waals surface area contributed by atoms with E-state index in [-0.39, 0.29) is 12.5 Å². The fraction of sp³-hybridized carbons (Fsp3) is 0.600. The molecule has 0 unspecified atom stereocenters. The molecule has 1 aromatic carbocycles. The molecule has 1 fully saturated rings. The van der Waals surface area contributed by atoms with Gasteiger partial charge in [0, 0.05) is 12.7 Å². The van der Waals surface area contributed by atoms with E-state index in [1.807, 2.05) is 0 Å². The second-order valence-electron chi connectivity index (χ2n) is 5.35. The zero-order chi connectivity index (χ0) is 13.1. The Kier molecular flexibility index (Phi) is 4.33. The molecular weight excluding hydrogens is 234 g/mol. The first-order chi connectivity index (χ1) is 8.61. The van der Waals surface area contributed by atoms with Crippen molar-refractivity contribution in [2.24, 2.45) is 5.92 Å². The monoisotopic (exact) mass is 254 g/mol. The Morgan fingerprint density at radius 2 is 1.83 bits per heavy atom. The molecule has 100 valence electrons. The molecule has 0 atom stereocenters. The van der Waals surface area contributed by atoms with Crippen molar-refractivity contribution in [3.8, 4) is 0 Å². The van der Waals surface area contributed by atoms with Gasteiger partial charge in [-0.25, -0.2) is 8.78 Å². The molecular formula is C15H20F2O. The van der Waals surface area contributed by atoms with Gasteiger partial charge in [-0.05, 0) is 68.1 Å². The topological polar surface area (TPSA) is 20.2 Å². The highest BCUT2D eigenvalue weighted by atomic mass is 19.1. The van der Waals surface area contributed by atoms with Crippen LogP contribution in [0, 0.1) is 24.5 Å². The number of aliphatic hydroxyl groups is 1. The number of hydrogen-bond acceptors (Lipinski definition) is 1. The average molecular weight is 254 g/mol. The van der Waals surface area contributed by atoms with E-state index in [1.54, 1.807) is 6.92 Å². The average Bonchev–Trinajstić information content (AvgIpc) is 2.30. The Labute approximate surface area is 107 Å². The molecule has 18 heavy (non-hydrogen) atoms. The van der Waals surface area contributed by atoms with Gasteiger partial charge in [-0.15, -0.1) is 0 Å². The summed E-state index contributed by atoms with van der Waals surface area (Å²) in [6.07, 6.45) is 4.78. The van der Waals surface area contributed by atoms with Crippen molar-refractivity contribution >= 4 is 0 Å². The third-order valence-corrected chi connectivity index (χ3v) is 4.09. The van der Waals surface area contributed by atoms with Crippen LogP contribution in [0.4, 0.5) is 8.78 Å². The van der Waals surface area contributed by atoms with Crippen LogP contribution >= 0.6 is 0 Å². The zero-order valence-electron chi connectivity index (χ0n) is 10.8. The summed E-state index contributed by atoms with van der Waals surface area (Å²) < 4.78 is 26.9. The maximum absolute atomic E-state index is 13.9. The molecule has 0 amide bonds. The van der Waals surface area contributed by atoms with Crippen LogP contribution in [0.15, 0.2) is 12.1 Å². The fourth-order valence-electron chi connectivity index (χ4n) is 3.15. The van der Waals surface area contributed by atoms with Crippen LogP contribution in [-0.4, -0.2) is 11.7 Å². The van der Waals surface area contributed by atoms with E-state index in [0.29, 0.717) is 11.5 Å². The summed E-state index contributed by atoms with van der Waals surface area (Å²) in [6.45, 7) is 2.01. The van der Waals surface area contributed by atoms with E-state index < -0.39 is 11.6 Å². The van der Waals surface area contributed by atoms with Crippen molar-refractivity contribution in [2.75, 3.05) is 6.61 Å². The molecule has 1 N–H and O–H groups in total. The lowest BCUT2D eigenvalue weighted by Crippen LogP contribution is -2.16. The second-order valence-corrected chi connectivity index (χ2v) is 5.35. The maximum Gasteiger partial charge on any atom is 0.129 e. The predicted molar refractivity (Wildman–Crippen MR) is 67.5 cm³/mol. The van der Waals surface area contributed by atoms with Gasteiger partial charge < -0.3 is 5.11 Å². The minimum Gasteiger partial charge on any atom is -0.396 e. The highest BCUT2D eigenvalue weighted by Gasteiger charge is 2.25. The van der Waals surface area contributed by atoms with Crippen LogP contribution in [0.2, 0.25) is 0 Å². The van der Waals surface area contributed by atoms with Gasteiger partial charge in [0.2, 0.25) is 0 Å². The first-order valence-electron chi connectivity index (χ1n) is 6.68. The van der Waals surface area contributed by atoms with E-state index in [2.05, 4.69) is 0 Å².